The lowest BCUT2D eigenvalue weighted by atomic mass is 10.2. The molecule has 1 unspecified atom stereocenters. The lowest BCUT2D eigenvalue weighted by Gasteiger charge is -2.22. The summed E-state index contributed by atoms with van der Waals surface area (Å²) in [5.74, 6) is 1.44. The molecule has 6 heteroatoms. The average Bonchev–Trinajstić information content (AvgIpc) is 3.24. The van der Waals surface area contributed by atoms with Crippen molar-refractivity contribution >= 4 is 23.2 Å². The molecule has 3 rings (SSSR count). The highest BCUT2D eigenvalue weighted by atomic mass is 32.1. The van der Waals surface area contributed by atoms with Gasteiger partial charge in [0, 0.05) is 13.6 Å². The maximum Gasteiger partial charge on any atom is 0.264 e. The van der Waals surface area contributed by atoms with Gasteiger partial charge >= 0.3 is 0 Å². The second kappa shape index (κ2) is 5.96. The normalized spacial score (nSPS) is 17.7. The van der Waals surface area contributed by atoms with Crippen LogP contribution in [0.2, 0.25) is 0 Å². The number of nitrogens with zero attached hydrogens (tertiary/aromatic N) is 1. The van der Waals surface area contributed by atoms with E-state index < -0.39 is 0 Å². The fourth-order valence-corrected chi connectivity index (χ4v) is 3.67. The van der Waals surface area contributed by atoms with Gasteiger partial charge in [-0.15, -0.1) is 11.3 Å². The number of furan rings is 1. The number of likely N-dealkylation sites (tertiary alicyclic amines) is 1. The molecule has 0 aliphatic carbocycles. The zero-order valence-corrected chi connectivity index (χ0v) is 13.4. The minimum Gasteiger partial charge on any atom is -0.461 e. The lowest BCUT2D eigenvalue weighted by Crippen LogP contribution is -2.44. The van der Waals surface area contributed by atoms with Crippen LogP contribution in [0.25, 0.3) is 10.6 Å². The van der Waals surface area contributed by atoms with E-state index in [1.807, 2.05) is 25.1 Å². The number of amides is 2. The Balaban J connectivity index is 1.81. The number of hydrogen-bond donors (Lipinski definition) is 1. The van der Waals surface area contributed by atoms with Crippen LogP contribution < -0.4 is 5.32 Å². The Labute approximate surface area is 132 Å². The summed E-state index contributed by atoms with van der Waals surface area (Å²) >= 11 is 1.40. The maximum atomic E-state index is 12.7. The zero-order chi connectivity index (χ0) is 15.7. The van der Waals surface area contributed by atoms with Gasteiger partial charge in [-0.2, -0.15) is 0 Å². The van der Waals surface area contributed by atoms with Gasteiger partial charge < -0.3 is 14.6 Å². The third kappa shape index (κ3) is 2.66. The first-order valence-electron chi connectivity index (χ1n) is 7.29. The van der Waals surface area contributed by atoms with E-state index in [2.05, 4.69) is 5.32 Å². The molecule has 1 fully saturated rings. The van der Waals surface area contributed by atoms with Gasteiger partial charge in [-0.05, 0) is 44.0 Å². The second-order valence-corrected chi connectivity index (χ2v) is 6.43. The number of aryl methyl sites for hydroxylation is 1. The molecule has 1 aliphatic rings. The Bertz CT molecular complexity index is 704. The van der Waals surface area contributed by atoms with Crippen molar-refractivity contribution in [3.8, 4) is 10.6 Å². The fraction of sp³-hybridized carbons (Fsp3) is 0.375. The molecule has 116 valence electrons. The van der Waals surface area contributed by atoms with E-state index in [4.69, 9.17) is 4.42 Å². The molecule has 0 saturated carbocycles. The minimum atomic E-state index is -0.353. The lowest BCUT2D eigenvalue weighted by molar-refractivity contribution is -0.124. The quantitative estimate of drug-likeness (QED) is 0.946. The molecule has 0 spiro atoms. The number of thiophene rings is 1. The van der Waals surface area contributed by atoms with Crippen molar-refractivity contribution in [2.75, 3.05) is 13.6 Å². The summed E-state index contributed by atoms with van der Waals surface area (Å²) in [6.45, 7) is 2.52. The van der Waals surface area contributed by atoms with Crippen molar-refractivity contribution in [1.29, 1.82) is 0 Å². The van der Waals surface area contributed by atoms with Crippen LogP contribution in [0.15, 0.2) is 28.7 Å². The largest absolute Gasteiger partial charge is 0.461 e. The van der Waals surface area contributed by atoms with Crippen LogP contribution in [0.1, 0.15) is 28.3 Å². The number of hydrogen-bond acceptors (Lipinski definition) is 4. The van der Waals surface area contributed by atoms with E-state index in [-0.39, 0.29) is 17.9 Å². The zero-order valence-electron chi connectivity index (χ0n) is 12.6. The van der Waals surface area contributed by atoms with Crippen LogP contribution in [0.4, 0.5) is 0 Å². The number of rotatable bonds is 3. The topological polar surface area (TPSA) is 62.6 Å². The molecule has 1 saturated heterocycles. The number of carbonyl (C=O) groups is 2. The highest BCUT2D eigenvalue weighted by molar-refractivity contribution is 7.17. The van der Waals surface area contributed by atoms with Gasteiger partial charge in [0.25, 0.3) is 5.91 Å². The van der Waals surface area contributed by atoms with Crippen LogP contribution in [-0.2, 0) is 4.79 Å². The molecule has 1 atom stereocenters. The maximum absolute atomic E-state index is 12.7. The van der Waals surface area contributed by atoms with E-state index in [0.29, 0.717) is 11.4 Å². The summed E-state index contributed by atoms with van der Waals surface area (Å²) in [4.78, 5) is 27.8. The second-order valence-electron chi connectivity index (χ2n) is 5.35. The minimum absolute atomic E-state index is 0.0781. The molecular formula is C16H18N2O3S. The van der Waals surface area contributed by atoms with Crippen LogP contribution >= 0.6 is 11.3 Å². The fourth-order valence-electron chi connectivity index (χ4n) is 2.74. The van der Waals surface area contributed by atoms with Gasteiger partial charge in [0.15, 0.2) is 0 Å². The average molecular weight is 318 g/mol. The molecule has 2 aromatic heterocycles. The summed E-state index contributed by atoms with van der Waals surface area (Å²) in [6, 6.07) is 7.14. The summed E-state index contributed by atoms with van der Waals surface area (Å²) in [5.41, 5.74) is 0. The summed E-state index contributed by atoms with van der Waals surface area (Å²) < 4.78 is 5.59. The summed E-state index contributed by atoms with van der Waals surface area (Å²) in [7, 11) is 1.60. The standard InChI is InChI=1S/C16H18N2O3S/c1-10-5-6-12(21-10)13-7-8-14(22-13)16(20)18-9-3-4-11(18)15(19)17-2/h5-8,11H,3-4,9H2,1-2H3,(H,17,19). The Kier molecular flexibility index (Phi) is 4.02. The van der Waals surface area contributed by atoms with E-state index in [1.54, 1.807) is 18.0 Å². The van der Waals surface area contributed by atoms with Crippen molar-refractivity contribution in [2.24, 2.45) is 0 Å². The van der Waals surface area contributed by atoms with Gasteiger partial charge in [-0.25, -0.2) is 0 Å². The molecule has 22 heavy (non-hydrogen) atoms. The molecular weight excluding hydrogens is 300 g/mol. The Hall–Kier alpha value is -2.08. The SMILES string of the molecule is CNC(=O)C1CCCN1C(=O)c1ccc(-c2ccc(C)o2)s1. The van der Waals surface area contributed by atoms with E-state index in [1.165, 1.54) is 11.3 Å². The highest BCUT2D eigenvalue weighted by Crippen LogP contribution is 2.31. The van der Waals surface area contributed by atoms with E-state index in [0.717, 1.165) is 29.2 Å². The molecule has 5 nitrogen and oxygen atoms in total. The number of carbonyl (C=O) groups excluding carboxylic acids is 2. The molecule has 0 radical (unpaired) electrons. The predicted molar refractivity (Wildman–Crippen MR) is 84.9 cm³/mol. The molecule has 0 bridgehead atoms. The van der Waals surface area contributed by atoms with Gasteiger partial charge in [0.2, 0.25) is 5.91 Å². The Morgan fingerprint density at radius 2 is 2.14 bits per heavy atom. The monoisotopic (exact) mass is 318 g/mol. The van der Waals surface area contributed by atoms with Crippen LogP contribution in [0.5, 0.6) is 0 Å². The van der Waals surface area contributed by atoms with Crippen molar-refractivity contribution in [3.63, 3.8) is 0 Å². The smallest absolute Gasteiger partial charge is 0.264 e. The summed E-state index contributed by atoms with van der Waals surface area (Å²) in [6.07, 6.45) is 1.58. The van der Waals surface area contributed by atoms with Crippen molar-refractivity contribution in [1.82, 2.24) is 10.2 Å². The third-order valence-corrected chi connectivity index (χ3v) is 4.95. The third-order valence-electron chi connectivity index (χ3n) is 3.86. The van der Waals surface area contributed by atoms with Gasteiger partial charge in [-0.1, -0.05) is 0 Å². The molecule has 1 N–H and O–H groups in total. The Morgan fingerprint density at radius 1 is 1.32 bits per heavy atom. The van der Waals surface area contributed by atoms with Gasteiger partial charge in [0.05, 0.1) is 9.75 Å². The van der Waals surface area contributed by atoms with Crippen molar-refractivity contribution in [2.45, 2.75) is 25.8 Å². The highest BCUT2D eigenvalue weighted by Gasteiger charge is 2.34. The number of nitrogens with one attached hydrogen (secondary N) is 1. The molecule has 2 aromatic rings. The van der Waals surface area contributed by atoms with Crippen molar-refractivity contribution < 1.29 is 14.0 Å². The van der Waals surface area contributed by atoms with Gasteiger partial charge in [-0.3, -0.25) is 9.59 Å². The Morgan fingerprint density at radius 3 is 2.82 bits per heavy atom. The van der Waals surface area contributed by atoms with Crippen LogP contribution in [0, 0.1) is 6.92 Å². The molecule has 2 amide bonds. The van der Waals surface area contributed by atoms with E-state index in [9.17, 15) is 9.59 Å². The molecule has 1 aliphatic heterocycles. The number of likely N-dealkylation sites (N-methyl/N-ethyl adjacent to an activating group) is 1. The predicted octanol–water partition coefficient (Wildman–Crippen LogP) is 2.67. The molecule has 3 heterocycles. The first-order valence-corrected chi connectivity index (χ1v) is 8.11. The van der Waals surface area contributed by atoms with Crippen LogP contribution in [-0.4, -0.2) is 36.3 Å². The van der Waals surface area contributed by atoms with Gasteiger partial charge in [0.1, 0.15) is 17.6 Å². The first-order chi connectivity index (χ1) is 10.6. The first kappa shape index (κ1) is 14.8. The van der Waals surface area contributed by atoms with E-state index >= 15 is 0 Å². The van der Waals surface area contributed by atoms with Crippen molar-refractivity contribution in [3.05, 3.63) is 34.9 Å². The summed E-state index contributed by atoms with van der Waals surface area (Å²) in [5, 5.41) is 2.63. The van der Waals surface area contributed by atoms with Crippen LogP contribution in [0.3, 0.4) is 0 Å². The molecule has 0 aromatic carbocycles.